The molecule has 204 valence electrons. The molecule has 0 N–H and O–H groups in total. The Kier molecular flexibility index (Phi) is 16.9. The van der Waals surface area contributed by atoms with Gasteiger partial charge in [-0.1, -0.05) is 91.7 Å². The van der Waals surface area contributed by atoms with E-state index in [4.69, 9.17) is 9.98 Å². The first-order chi connectivity index (χ1) is 17.6. The van der Waals surface area contributed by atoms with E-state index in [0.717, 1.165) is 93.4 Å². The third-order valence-electron chi connectivity index (χ3n) is 6.39. The summed E-state index contributed by atoms with van der Waals surface area (Å²) in [6.45, 7) is 13.3. The topological polar surface area (TPSA) is 24.7 Å². The molecule has 0 bridgehead atoms. The van der Waals surface area contributed by atoms with Crippen LogP contribution in [0.25, 0.3) is 0 Å². The van der Waals surface area contributed by atoms with Crippen LogP contribution < -0.4 is 0 Å². The predicted molar refractivity (Wildman–Crippen MR) is 161 cm³/mol. The Bertz CT molecular complexity index is 1070. The number of hydrogen-bond donors (Lipinski definition) is 0. The van der Waals surface area contributed by atoms with Gasteiger partial charge < -0.3 is 0 Å². The zero-order valence-corrected chi connectivity index (χ0v) is 25.1. The average molecular weight is 543 g/mol. The van der Waals surface area contributed by atoms with E-state index in [1.54, 1.807) is 0 Å². The number of aryl methyl sites for hydroxylation is 4. The predicted octanol–water partition coefficient (Wildman–Crippen LogP) is 9.94. The van der Waals surface area contributed by atoms with Gasteiger partial charge in [0.05, 0.1) is 17.1 Å². The largest absolute Gasteiger partial charge is 0.251 e. The summed E-state index contributed by atoms with van der Waals surface area (Å²) in [5.74, 6) is 6.66. The van der Waals surface area contributed by atoms with E-state index in [0.29, 0.717) is 0 Å². The van der Waals surface area contributed by atoms with Gasteiger partial charge >= 0.3 is 0 Å². The molecule has 0 aliphatic heterocycles. The van der Waals surface area contributed by atoms with Gasteiger partial charge in [0.1, 0.15) is 5.71 Å². The summed E-state index contributed by atoms with van der Waals surface area (Å²) in [6, 6.07) is 13.5. The molecule has 2 rings (SSSR count). The fraction of sp³-hybridized carbons (Fsp3) is 0.529. The molecule has 2 nitrogen and oxygen atoms in total. The molecule has 0 aliphatic carbocycles. The van der Waals surface area contributed by atoms with Gasteiger partial charge in [-0.3, -0.25) is 4.99 Å². The maximum Gasteiger partial charge on any atom is 0.135 e. The number of aliphatic imine (C=N–C) groups is 2. The quantitative estimate of drug-likeness (QED) is 0.129. The minimum absolute atomic E-state index is 0. The van der Waals surface area contributed by atoms with Crippen molar-refractivity contribution in [1.29, 1.82) is 0 Å². The molecule has 0 unspecified atom stereocenters. The van der Waals surface area contributed by atoms with Gasteiger partial charge in [0.2, 0.25) is 0 Å². The first-order valence-electron chi connectivity index (χ1n) is 14.5. The van der Waals surface area contributed by atoms with Gasteiger partial charge in [-0.2, -0.15) is 0 Å². The number of hydrogen-bond acceptors (Lipinski definition) is 2. The van der Waals surface area contributed by atoms with Gasteiger partial charge in [-0.15, -0.1) is 0 Å². The molecule has 0 atom stereocenters. The third kappa shape index (κ3) is 11.0. The van der Waals surface area contributed by atoms with Crippen molar-refractivity contribution in [2.75, 3.05) is 0 Å². The van der Waals surface area contributed by atoms with Crippen LogP contribution in [0.4, 0.5) is 11.4 Å². The summed E-state index contributed by atoms with van der Waals surface area (Å²) in [6.07, 6.45) is 13.0. The average Bonchev–Trinajstić information content (AvgIpc) is 2.88. The van der Waals surface area contributed by atoms with Crippen LogP contribution in [0.2, 0.25) is 0 Å². The van der Waals surface area contributed by atoms with Crippen LogP contribution in [0, 0.1) is 11.8 Å². The van der Waals surface area contributed by atoms with Gasteiger partial charge in [-0.05, 0) is 91.0 Å². The van der Waals surface area contributed by atoms with Crippen molar-refractivity contribution in [3.63, 3.8) is 0 Å². The summed E-state index contributed by atoms with van der Waals surface area (Å²) >= 11 is 0. The van der Waals surface area contributed by atoms with Crippen LogP contribution in [0.5, 0.6) is 0 Å². The molecule has 0 aliphatic rings. The van der Waals surface area contributed by atoms with E-state index in [-0.39, 0.29) is 16.5 Å². The van der Waals surface area contributed by atoms with Crippen molar-refractivity contribution >= 4 is 22.8 Å². The molecule has 0 heterocycles. The molecule has 0 amide bonds. The molecule has 0 saturated carbocycles. The Morgan fingerprint density at radius 1 is 0.622 bits per heavy atom. The second kappa shape index (κ2) is 19.0. The van der Waals surface area contributed by atoms with E-state index >= 15 is 0 Å². The Balaban J connectivity index is 0.00000684. The van der Waals surface area contributed by atoms with Crippen LogP contribution >= 0.6 is 0 Å². The molecule has 0 saturated heterocycles. The van der Waals surface area contributed by atoms with Crippen LogP contribution in [-0.4, -0.2) is 11.4 Å². The second-order valence-corrected chi connectivity index (χ2v) is 9.68. The molecule has 0 radical (unpaired) electrons. The molecule has 2 aromatic rings. The van der Waals surface area contributed by atoms with Crippen molar-refractivity contribution in [3.8, 4) is 11.8 Å². The van der Waals surface area contributed by atoms with Crippen molar-refractivity contribution in [2.24, 2.45) is 9.98 Å². The van der Waals surface area contributed by atoms with E-state index in [2.05, 4.69) is 89.8 Å². The fourth-order valence-corrected chi connectivity index (χ4v) is 4.59. The number of nitrogens with zero attached hydrogens (tertiary/aromatic N) is 2. The molecule has 2 aromatic carbocycles. The molecule has 0 aromatic heterocycles. The molecular formula is C34H48N2Ni. The zero-order valence-electron chi connectivity index (χ0n) is 24.2. The first kappa shape index (κ1) is 32.9. The molecular weight excluding hydrogens is 495 g/mol. The first-order valence-corrected chi connectivity index (χ1v) is 14.5. The summed E-state index contributed by atoms with van der Waals surface area (Å²) in [4.78, 5) is 10.3. The van der Waals surface area contributed by atoms with E-state index in [9.17, 15) is 0 Å². The van der Waals surface area contributed by atoms with Crippen LogP contribution in [0.1, 0.15) is 115 Å². The Hall–Kier alpha value is -2.17. The zero-order chi connectivity index (χ0) is 26.2. The Morgan fingerprint density at radius 2 is 1.11 bits per heavy atom. The van der Waals surface area contributed by atoms with E-state index in [1.165, 1.54) is 28.7 Å². The normalized spacial score (nSPS) is 11.6. The van der Waals surface area contributed by atoms with Gasteiger partial charge in [-0.25, -0.2) is 4.99 Å². The van der Waals surface area contributed by atoms with Gasteiger partial charge in [0, 0.05) is 22.9 Å². The third-order valence-corrected chi connectivity index (χ3v) is 6.39. The maximum atomic E-state index is 5.18. The van der Waals surface area contributed by atoms with Gasteiger partial charge in [0.25, 0.3) is 0 Å². The summed E-state index contributed by atoms with van der Waals surface area (Å²) in [5.41, 5.74) is 9.63. The fourth-order valence-electron chi connectivity index (χ4n) is 4.59. The monoisotopic (exact) mass is 542 g/mol. The Labute approximate surface area is 237 Å². The number of unbranched alkanes of at least 4 members (excludes halogenated alkanes) is 1. The summed E-state index contributed by atoms with van der Waals surface area (Å²) in [5, 5.41) is 0. The smallest absolute Gasteiger partial charge is 0.135 e. The van der Waals surface area contributed by atoms with E-state index < -0.39 is 0 Å². The van der Waals surface area contributed by atoms with Crippen molar-refractivity contribution in [2.45, 2.75) is 119 Å². The second-order valence-electron chi connectivity index (χ2n) is 9.68. The van der Waals surface area contributed by atoms with Crippen molar-refractivity contribution in [1.82, 2.24) is 0 Å². The number of rotatable bonds is 14. The minimum atomic E-state index is 0. The number of benzene rings is 2. The minimum Gasteiger partial charge on any atom is -0.251 e. The maximum absolute atomic E-state index is 5.18. The molecule has 0 spiro atoms. The van der Waals surface area contributed by atoms with Gasteiger partial charge in [0.15, 0.2) is 0 Å². The molecule has 3 heteroatoms. The van der Waals surface area contributed by atoms with Crippen LogP contribution in [0.3, 0.4) is 0 Å². The standard InChI is InChI=1S/C34H48N2.Ni/c1-7-13-19-33(35-31-23-21-27(15-9-3)29(25-31)17-11-5)34(20-14-8-2)36-32-24-22-28(16-10-4)30(26-32)18-12-6;/h21-26H,7-13,15-19H2,1-6H3;. The van der Waals surface area contributed by atoms with Crippen LogP contribution in [0.15, 0.2) is 46.4 Å². The van der Waals surface area contributed by atoms with Crippen molar-refractivity contribution < 1.29 is 16.5 Å². The van der Waals surface area contributed by atoms with Crippen LogP contribution in [-0.2, 0) is 42.2 Å². The SMILES string of the molecule is CCC#CC(=Nc1ccc(CCC)c(CCC)c1)C(CCCC)=Nc1ccc(CCC)c(CCC)c1.[Ni]. The molecule has 0 fully saturated rings. The summed E-state index contributed by atoms with van der Waals surface area (Å²) in [7, 11) is 0. The summed E-state index contributed by atoms with van der Waals surface area (Å²) < 4.78 is 0. The molecule has 37 heavy (non-hydrogen) atoms. The Morgan fingerprint density at radius 3 is 1.57 bits per heavy atom. The van der Waals surface area contributed by atoms with E-state index in [1.807, 2.05) is 0 Å². The van der Waals surface area contributed by atoms with Crippen molar-refractivity contribution in [3.05, 3.63) is 58.7 Å².